The lowest BCUT2D eigenvalue weighted by molar-refractivity contribution is 0.0954. The van der Waals surface area contributed by atoms with Gasteiger partial charge in [-0.2, -0.15) is 0 Å². The van der Waals surface area contributed by atoms with Crippen molar-refractivity contribution in [1.29, 1.82) is 0 Å². The fraction of sp³-hybridized carbons (Fsp3) is 0.133. The first kappa shape index (κ1) is 15.3. The number of nitrogens with one attached hydrogen (secondary N) is 2. The van der Waals surface area contributed by atoms with Crippen LogP contribution in [-0.2, 0) is 0 Å². The summed E-state index contributed by atoms with van der Waals surface area (Å²) >= 11 is 3.37. The monoisotopic (exact) mass is 349 g/mol. The third kappa shape index (κ3) is 4.47. The van der Waals surface area contributed by atoms with Gasteiger partial charge in [0.25, 0.3) is 5.91 Å². The van der Waals surface area contributed by atoms with Crippen LogP contribution < -0.4 is 21.3 Å². The number of nitrogens with two attached hydrogens (primary N) is 1. The Bertz CT molecular complexity index is 602. The minimum Gasteiger partial charge on any atom is -0.492 e. The van der Waals surface area contributed by atoms with Crippen LogP contribution >= 0.6 is 15.9 Å². The second kappa shape index (κ2) is 7.66. The lowest BCUT2D eigenvalue weighted by atomic mass is 10.1. The van der Waals surface area contributed by atoms with Crippen LogP contribution in [0.25, 0.3) is 0 Å². The Morgan fingerprint density at radius 3 is 2.57 bits per heavy atom. The Hall–Kier alpha value is -2.05. The number of rotatable bonds is 6. The van der Waals surface area contributed by atoms with E-state index in [1.807, 2.05) is 36.4 Å². The number of carbonyl (C=O) groups is 1. The van der Waals surface area contributed by atoms with Crippen LogP contribution in [0.3, 0.4) is 0 Å². The zero-order valence-electron chi connectivity index (χ0n) is 11.3. The van der Waals surface area contributed by atoms with Gasteiger partial charge >= 0.3 is 0 Å². The molecule has 0 atom stereocenters. The van der Waals surface area contributed by atoms with Crippen LogP contribution in [0.5, 0.6) is 5.75 Å². The fourth-order valence-electron chi connectivity index (χ4n) is 1.80. The number of nitrogen functional groups attached to an aromatic ring is 1. The molecule has 2 rings (SSSR count). The zero-order chi connectivity index (χ0) is 15.1. The van der Waals surface area contributed by atoms with Crippen LogP contribution in [0.1, 0.15) is 10.4 Å². The first-order chi connectivity index (χ1) is 10.2. The van der Waals surface area contributed by atoms with Gasteiger partial charge in [-0.1, -0.05) is 28.1 Å². The quantitative estimate of drug-likeness (QED) is 0.324. The molecular formula is C15H16BrN3O2. The van der Waals surface area contributed by atoms with E-state index in [2.05, 4.69) is 26.7 Å². The molecule has 4 N–H and O–H groups in total. The van der Waals surface area contributed by atoms with Gasteiger partial charge in [-0.3, -0.25) is 10.2 Å². The van der Waals surface area contributed by atoms with Gasteiger partial charge in [0.15, 0.2) is 0 Å². The van der Waals surface area contributed by atoms with E-state index < -0.39 is 0 Å². The molecule has 0 radical (unpaired) electrons. The molecule has 6 heteroatoms. The van der Waals surface area contributed by atoms with E-state index in [1.165, 1.54) is 0 Å². The van der Waals surface area contributed by atoms with Crippen molar-refractivity contribution in [1.82, 2.24) is 5.43 Å². The van der Waals surface area contributed by atoms with Gasteiger partial charge in [-0.15, -0.1) is 0 Å². The number of hydrogen-bond acceptors (Lipinski definition) is 4. The number of benzene rings is 2. The standard InChI is InChI=1S/C15H16BrN3O2/c16-11-5-7-12(8-6-11)21-10-9-18-14-4-2-1-3-13(14)15(20)19-17/h1-8,18H,9-10,17H2,(H,19,20). The van der Waals surface area contributed by atoms with Gasteiger partial charge in [-0.25, -0.2) is 5.84 Å². The Balaban J connectivity index is 1.86. The highest BCUT2D eigenvalue weighted by molar-refractivity contribution is 9.10. The lowest BCUT2D eigenvalue weighted by Crippen LogP contribution is -2.30. The number of carbonyl (C=O) groups excluding carboxylic acids is 1. The summed E-state index contributed by atoms with van der Waals surface area (Å²) < 4.78 is 6.61. The van der Waals surface area contributed by atoms with Gasteiger partial charge in [0.05, 0.1) is 5.56 Å². The summed E-state index contributed by atoms with van der Waals surface area (Å²) in [7, 11) is 0. The van der Waals surface area contributed by atoms with E-state index in [1.54, 1.807) is 12.1 Å². The van der Waals surface area contributed by atoms with Crippen LogP contribution in [0.2, 0.25) is 0 Å². The Morgan fingerprint density at radius 1 is 1.14 bits per heavy atom. The summed E-state index contributed by atoms with van der Waals surface area (Å²) in [4.78, 5) is 11.6. The second-order valence-electron chi connectivity index (χ2n) is 4.25. The van der Waals surface area contributed by atoms with Crippen molar-refractivity contribution in [2.45, 2.75) is 0 Å². The van der Waals surface area contributed by atoms with Gasteiger partial charge < -0.3 is 10.1 Å². The molecule has 0 fully saturated rings. The molecule has 0 saturated carbocycles. The number of para-hydroxylation sites is 1. The van der Waals surface area contributed by atoms with Gasteiger partial charge in [0, 0.05) is 16.7 Å². The SMILES string of the molecule is NNC(=O)c1ccccc1NCCOc1ccc(Br)cc1. The molecule has 21 heavy (non-hydrogen) atoms. The molecule has 0 saturated heterocycles. The molecule has 1 amide bonds. The summed E-state index contributed by atoms with van der Waals surface area (Å²) in [6, 6.07) is 14.8. The summed E-state index contributed by atoms with van der Waals surface area (Å²) in [5.74, 6) is 5.63. The van der Waals surface area contributed by atoms with Crippen LogP contribution in [0.15, 0.2) is 53.0 Å². The van der Waals surface area contributed by atoms with Crippen molar-refractivity contribution in [3.8, 4) is 5.75 Å². The number of hydrazine groups is 1. The Kier molecular flexibility index (Phi) is 5.59. The molecule has 0 aromatic heterocycles. The fourth-order valence-corrected chi connectivity index (χ4v) is 2.06. The summed E-state index contributed by atoms with van der Waals surface area (Å²) in [5.41, 5.74) is 3.35. The van der Waals surface area contributed by atoms with E-state index in [9.17, 15) is 4.79 Å². The third-order valence-electron chi connectivity index (χ3n) is 2.80. The molecule has 0 aliphatic carbocycles. The maximum atomic E-state index is 11.6. The predicted molar refractivity (Wildman–Crippen MR) is 86.2 cm³/mol. The lowest BCUT2D eigenvalue weighted by Gasteiger charge is -2.11. The third-order valence-corrected chi connectivity index (χ3v) is 3.33. The molecule has 2 aromatic carbocycles. The van der Waals surface area contributed by atoms with Crippen molar-refractivity contribution >= 4 is 27.5 Å². The summed E-state index contributed by atoms with van der Waals surface area (Å²) in [6.07, 6.45) is 0. The van der Waals surface area contributed by atoms with E-state index >= 15 is 0 Å². The van der Waals surface area contributed by atoms with Crippen molar-refractivity contribution in [3.05, 3.63) is 58.6 Å². The maximum absolute atomic E-state index is 11.6. The van der Waals surface area contributed by atoms with E-state index in [0.717, 1.165) is 15.9 Å². The highest BCUT2D eigenvalue weighted by atomic mass is 79.9. The summed E-state index contributed by atoms with van der Waals surface area (Å²) in [6.45, 7) is 1.06. The van der Waals surface area contributed by atoms with Crippen molar-refractivity contribution in [2.75, 3.05) is 18.5 Å². The maximum Gasteiger partial charge on any atom is 0.267 e. The number of halogens is 1. The highest BCUT2D eigenvalue weighted by Crippen LogP contribution is 2.17. The summed E-state index contributed by atoms with van der Waals surface area (Å²) in [5, 5.41) is 3.16. The first-order valence-electron chi connectivity index (χ1n) is 6.43. The van der Waals surface area contributed by atoms with Crippen LogP contribution in [0.4, 0.5) is 5.69 Å². The van der Waals surface area contributed by atoms with Crippen molar-refractivity contribution < 1.29 is 9.53 Å². The molecular weight excluding hydrogens is 334 g/mol. The first-order valence-corrected chi connectivity index (χ1v) is 7.22. The topological polar surface area (TPSA) is 76.4 Å². The number of amides is 1. The average molecular weight is 350 g/mol. The molecule has 5 nitrogen and oxygen atoms in total. The molecule has 0 aliphatic rings. The Morgan fingerprint density at radius 2 is 1.86 bits per heavy atom. The molecule has 0 bridgehead atoms. The van der Waals surface area contributed by atoms with Crippen molar-refractivity contribution in [3.63, 3.8) is 0 Å². The number of anilines is 1. The van der Waals surface area contributed by atoms with E-state index in [-0.39, 0.29) is 5.91 Å². The highest BCUT2D eigenvalue weighted by Gasteiger charge is 2.08. The Labute approximate surface area is 131 Å². The second-order valence-corrected chi connectivity index (χ2v) is 5.16. The molecule has 0 aliphatic heterocycles. The largest absolute Gasteiger partial charge is 0.492 e. The zero-order valence-corrected chi connectivity index (χ0v) is 12.9. The number of hydrogen-bond donors (Lipinski definition) is 3. The smallest absolute Gasteiger partial charge is 0.267 e. The molecule has 0 unspecified atom stereocenters. The number of ether oxygens (including phenoxy) is 1. The molecule has 2 aromatic rings. The van der Waals surface area contributed by atoms with Gasteiger partial charge in [0.2, 0.25) is 0 Å². The molecule has 0 spiro atoms. The van der Waals surface area contributed by atoms with E-state index in [0.29, 0.717) is 18.7 Å². The van der Waals surface area contributed by atoms with Crippen molar-refractivity contribution in [2.24, 2.45) is 5.84 Å². The molecule has 110 valence electrons. The normalized spacial score (nSPS) is 10.0. The average Bonchev–Trinajstić information content (AvgIpc) is 2.53. The van der Waals surface area contributed by atoms with Gasteiger partial charge in [-0.05, 0) is 36.4 Å². The minimum atomic E-state index is -0.327. The molecule has 0 heterocycles. The van der Waals surface area contributed by atoms with Crippen LogP contribution in [0, 0.1) is 0 Å². The van der Waals surface area contributed by atoms with Crippen LogP contribution in [-0.4, -0.2) is 19.1 Å². The predicted octanol–water partition coefficient (Wildman–Crippen LogP) is 2.54. The minimum absolute atomic E-state index is 0.327. The van der Waals surface area contributed by atoms with Gasteiger partial charge in [0.1, 0.15) is 12.4 Å². The van der Waals surface area contributed by atoms with E-state index in [4.69, 9.17) is 10.6 Å².